The van der Waals surface area contributed by atoms with Crippen LogP contribution in [0.1, 0.15) is 0 Å². The monoisotopic (exact) mass is 671 g/mol. The van der Waals surface area contributed by atoms with Crippen molar-refractivity contribution in [1.29, 1.82) is 0 Å². The Labute approximate surface area is 299 Å². The van der Waals surface area contributed by atoms with E-state index in [9.17, 15) is 0 Å². The van der Waals surface area contributed by atoms with Gasteiger partial charge in [-0.05, 0) is 52.9 Å². The molecule has 0 aliphatic rings. The number of fused-ring (bicyclic) bond motifs is 1. The van der Waals surface area contributed by atoms with Crippen molar-refractivity contribution in [1.82, 2.24) is 24.9 Å². The molecule has 5 nitrogen and oxygen atoms in total. The van der Waals surface area contributed by atoms with Crippen molar-refractivity contribution in [3.05, 3.63) is 176 Å². The van der Waals surface area contributed by atoms with Crippen LogP contribution in [0.3, 0.4) is 0 Å². The Kier molecular flexibility index (Phi) is 7.97. The summed E-state index contributed by atoms with van der Waals surface area (Å²) in [4.78, 5) is 26.5. The Morgan fingerprint density at radius 1 is 0.294 bits per heavy atom. The summed E-state index contributed by atoms with van der Waals surface area (Å²) in [6, 6.07) is 59.9. The lowest BCUT2D eigenvalue weighted by atomic mass is 9.97. The highest BCUT2D eigenvalue weighted by molar-refractivity contribution is 7.22. The molecule has 0 bridgehead atoms. The van der Waals surface area contributed by atoms with Crippen LogP contribution in [0.15, 0.2) is 176 Å². The molecule has 0 fully saturated rings. The minimum atomic E-state index is 0.587. The molecule has 0 saturated heterocycles. The largest absolute Gasteiger partial charge is 0.228 e. The predicted molar refractivity (Wildman–Crippen MR) is 209 cm³/mol. The molecule has 240 valence electrons. The summed E-state index contributed by atoms with van der Waals surface area (Å²) in [7, 11) is 0. The summed E-state index contributed by atoms with van der Waals surface area (Å²) < 4.78 is 1.22. The van der Waals surface area contributed by atoms with Crippen LogP contribution in [0.5, 0.6) is 0 Å². The predicted octanol–water partition coefficient (Wildman–Crippen LogP) is 11.5. The first-order chi connectivity index (χ1) is 25.2. The maximum Gasteiger partial charge on any atom is 0.164 e. The Hall–Kier alpha value is -6.63. The number of benzene rings is 6. The van der Waals surface area contributed by atoms with Crippen molar-refractivity contribution < 1.29 is 0 Å². The molecule has 51 heavy (non-hydrogen) atoms. The zero-order valence-corrected chi connectivity index (χ0v) is 28.2. The molecule has 0 atom stereocenters. The zero-order valence-electron chi connectivity index (χ0n) is 27.4. The fraction of sp³-hybridized carbons (Fsp3) is 0. The Morgan fingerprint density at radius 3 is 1.29 bits per heavy atom. The minimum Gasteiger partial charge on any atom is -0.228 e. The standard InChI is InChI=1S/C45H29N5S/c1-5-15-30(16-6-1)35-25-36(27-37(26-35)45-49-43(32-19-9-3-10-20-32)48-44(50-45)33-21-11-4-12-22-33)38-29-39(41-28-34-23-13-14-24-40(34)51-41)47-42(46-38)31-17-7-2-8-18-31/h1-29H. The summed E-state index contributed by atoms with van der Waals surface area (Å²) in [6.07, 6.45) is 0. The van der Waals surface area contributed by atoms with E-state index in [1.54, 1.807) is 11.3 Å². The van der Waals surface area contributed by atoms with E-state index in [1.165, 1.54) is 10.1 Å². The second-order valence-electron chi connectivity index (χ2n) is 12.2. The molecular weight excluding hydrogens is 643 g/mol. The third-order valence-corrected chi connectivity index (χ3v) is 9.87. The molecule has 9 rings (SSSR count). The van der Waals surface area contributed by atoms with Crippen LogP contribution in [0, 0.1) is 0 Å². The van der Waals surface area contributed by atoms with Gasteiger partial charge in [-0.1, -0.05) is 140 Å². The van der Waals surface area contributed by atoms with Crippen molar-refractivity contribution in [3.8, 4) is 78.5 Å². The highest BCUT2D eigenvalue weighted by Crippen LogP contribution is 2.37. The molecule has 0 saturated carbocycles. The number of hydrogen-bond donors (Lipinski definition) is 0. The van der Waals surface area contributed by atoms with E-state index in [0.717, 1.165) is 55.2 Å². The number of aromatic nitrogens is 5. The summed E-state index contributed by atoms with van der Waals surface area (Å²) in [5, 5.41) is 1.20. The first kappa shape index (κ1) is 30.4. The molecule has 0 N–H and O–H groups in total. The van der Waals surface area contributed by atoms with Crippen LogP contribution >= 0.6 is 11.3 Å². The normalized spacial score (nSPS) is 11.1. The molecule has 6 aromatic carbocycles. The average Bonchev–Trinajstić information content (AvgIpc) is 3.66. The molecule has 6 heteroatoms. The van der Waals surface area contributed by atoms with Crippen LogP contribution in [0.2, 0.25) is 0 Å². The molecule has 0 aliphatic carbocycles. The number of hydrogen-bond acceptors (Lipinski definition) is 6. The third kappa shape index (κ3) is 6.32. The van der Waals surface area contributed by atoms with Gasteiger partial charge < -0.3 is 0 Å². The van der Waals surface area contributed by atoms with Crippen molar-refractivity contribution in [2.45, 2.75) is 0 Å². The fourth-order valence-corrected chi connectivity index (χ4v) is 7.21. The van der Waals surface area contributed by atoms with Gasteiger partial charge in [-0.15, -0.1) is 11.3 Å². The van der Waals surface area contributed by atoms with Gasteiger partial charge in [0.2, 0.25) is 0 Å². The Morgan fingerprint density at radius 2 is 0.725 bits per heavy atom. The Balaban J connectivity index is 1.27. The molecule has 0 amide bonds. The second kappa shape index (κ2) is 13.3. The van der Waals surface area contributed by atoms with E-state index in [-0.39, 0.29) is 0 Å². The molecule has 0 spiro atoms. The van der Waals surface area contributed by atoms with Gasteiger partial charge in [-0.2, -0.15) is 0 Å². The van der Waals surface area contributed by atoms with Gasteiger partial charge in [0, 0.05) is 32.5 Å². The fourth-order valence-electron chi connectivity index (χ4n) is 6.19. The smallest absolute Gasteiger partial charge is 0.164 e. The Bertz CT molecular complexity index is 2530. The first-order valence-corrected chi connectivity index (χ1v) is 17.6. The van der Waals surface area contributed by atoms with E-state index < -0.39 is 0 Å². The van der Waals surface area contributed by atoms with Crippen molar-refractivity contribution in [2.75, 3.05) is 0 Å². The molecule has 3 heterocycles. The van der Waals surface area contributed by atoms with Crippen LogP contribution in [-0.2, 0) is 0 Å². The summed E-state index contributed by atoms with van der Waals surface area (Å²) in [5.74, 6) is 2.49. The highest BCUT2D eigenvalue weighted by Gasteiger charge is 2.17. The summed E-state index contributed by atoms with van der Waals surface area (Å²) >= 11 is 1.74. The van der Waals surface area contributed by atoms with Crippen LogP contribution in [0.25, 0.3) is 88.6 Å². The first-order valence-electron chi connectivity index (χ1n) is 16.8. The highest BCUT2D eigenvalue weighted by atomic mass is 32.1. The molecule has 0 aliphatic heterocycles. The lowest BCUT2D eigenvalue weighted by Gasteiger charge is -2.13. The lowest BCUT2D eigenvalue weighted by Crippen LogP contribution is -2.01. The van der Waals surface area contributed by atoms with Crippen molar-refractivity contribution >= 4 is 21.4 Å². The van der Waals surface area contributed by atoms with Crippen molar-refractivity contribution in [3.63, 3.8) is 0 Å². The molecule has 3 aromatic heterocycles. The quantitative estimate of drug-likeness (QED) is 0.169. The van der Waals surface area contributed by atoms with E-state index in [1.807, 2.05) is 84.9 Å². The zero-order chi connectivity index (χ0) is 34.0. The SMILES string of the molecule is c1ccc(-c2cc(-c3cc(-c4cc5ccccc5s4)nc(-c4ccccc4)n3)cc(-c3nc(-c4ccccc4)nc(-c4ccccc4)n3)c2)cc1. The van der Waals surface area contributed by atoms with Gasteiger partial charge >= 0.3 is 0 Å². The lowest BCUT2D eigenvalue weighted by molar-refractivity contribution is 1.07. The summed E-state index contributed by atoms with van der Waals surface area (Å²) in [5.41, 5.74) is 8.43. The summed E-state index contributed by atoms with van der Waals surface area (Å²) in [6.45, 7) is 0. The van der Waals surface area contributed by atoms with Gasteiger partial charge in [-0.3, -0.25) is 0 Å². The van der Waals surface area contributed by atoms with E-state index in [0.29, 0.717) is 23.3 Å². The van der Waals surface area contributed by atoms with Gasteiger partial charge in [0.15, 0.2) is 23.3 Å². The maximum atomic E-state index is 5.19. The molecule has 0 radical (unpaired) electrons. The minimum absolute atomic E-state index is 0.587. The van der Waals surface area contributed by atoms with Crippen molar-refractivity contribution in [2.24, 2.45) is 0 Å². The molecular formula is C45H29N5S. The van der Waals surface area contributed by atoms with Gasteiger partial charge in [-0.25, -0.2) is 24.9 Å². The second-order valence-corrected chi connectivity index (χ2v) is 13.3. The third-order valence-electron chi connectivity index (χ3n) is 8.73. The topological polar surface area (TPSA) is 64.5 Å². The van der Waals surface area contributed by atoms with E-state index in [4.69, 9.17) is 24.9 Å². The number of thiophene rings is 1. The van der Waals surface area contributed by atoms with Gasteiger partial charge in [0.05, 0.1) is 16.3 Å². The van der Waals surface area contributed by atoms with E-state index >= 15 is 0 Å². The van der Waals surface area contributed by atoms with Gasteiger partial charge in [0.25, 0.3) is 0 Å². The molecule has 0 unspecified atom stereocenters. The van der Waals surface area contributed by atoms with Crippen LogP contribution in [-0.4, -0.2) is 24.9 Å². The number of rotatable bonds is 7. The maximum absolute atomic E-state index is 5.19. The van der Waals surface area contributed by atoms with E-state index in [2.05, 4.69) is 91.0 Å². The van der Waals surface area contributed by atoms with Gasteiger partial charge in [0.1, 0.15) is 0 Å². The average molecular weight is 672 g/mol. The van der Waals surface area contributed by atoms with Crippen LogP contribution in [0.4, 0.5) is 0 Å². The van der Waals surface area contributed by atoms with Crippen LogP contribution < -0.4 is 0 Å². The number of nitrogens with zero attached hydrogens (tertiary/aromatic N) is 5. The molecule has 9 aromatic rings.